The zero-order chi connectivity index (χ0) is 21.1. The van der Waals surface area contributed by atoms with E-state index in [4.69, 9.17) is 4.98 Å². The van der Waals surface area contributed by atoms with Crippen LogP contribution in [-0.4, -0.2) is 9.55 Å². The van der Waals surface area contributed by atoms with Crippen LogP contribution in [0.15, 0.2) is 78.9 Å². The standard InChI is InChI=1S/C27H22N3S/c1-17-15-22-26(31-18(2)28-22)16-21(17)27-29(3)24-12-6-7-13-25(24)30(27)23-14-8-10-19-9-4-5-11-20(19)23/h4-16H,1-3H3/q+1. The first-order valence-corrected chi connectivity index (χ1v) is 11.3. The van der Waals surface area contributed by atoms with Gasteiger partial charge >= 0.3 is 0 Å². The molecule has 2 aromatic heterocycles. The number of rotatable bonds is 2. The topological polar surface area (TPSA) is 21.7 Å². The summed E-state index contributed by atoms with van der Waals surface area (Å²) in [4.78, 5) is 4.70. The fourth-order valence-corrected chi connectivity index (χ4v) is 5.55. The molecule has 0 saturated carbocycles. The van der Waals surface area contributed by atoms with Gasteiger partial charge in [0.15, 0.2) is 11.0 Å². The van der Waals surface area contributed by atoms with Gasteiger partial charge in [0, 0.05) is 5.39 Å². The maximum atomic E-state index is 4.70. The second-order valence-electron chi connectivity index (χ2n) is 8.07. The van der Waals surface area contributed by atoms with E-state index in [2.05, 4.69) is 109 Å². The highest BCUT2D eigenvalue weighted by atomic mass is 32.1. The van der Waals surface area contributed by atoms with Crippen LogP contribution in [0.2, 0.25) is 0 Å². The van der Waals surface area contributed by atoms with Crippen molar-refractivity contribution in [2.24, 2.45) is 7.05 Å². The first-order chi connectivity index (χ1) is 15.1. The van der Waals surface area contributed by atoms with Crippen molar-refractivity contribution in [2.45, 2.75) is 13.8 Å². The van der Waals surface area contributed by atoms with Gasteiger partial charge in [-0.15, -0.1) is 11.3 Å². The SMILES string of the molecule is Cc1nc2cc(C)c(-c3n(-c4cccc5ccccc45)c4ccccc4[n+]3C)cc2s1. The number of para-hydroxylation sites is 2. The van der Waals surface area contributed by atoms with Crippen LogP contribution in [0.3, 0.4) is 0 Å². The van der Waals surface area contributed by atoms with Crippen molar-refractivity contribution in [1.29, 1.82) is 0 Å². The molecule has 0 spiro atoms. The lowest BCUT2D eigenvalue weighted by atomic mass is 10.1. The minimum atomic E-state index is 1.08. The van der Waals surface area contributed by atoms with Crippen LogP contribution in [0.1, 0.15) is 10.6 Å². The van der Waals surface area contributed by atoms with Gasteiger partial charge in [0.05, 0.1) is 27.8 Å². The summed E-state index contributed by atoms with van der Waals surface area (Å²) in [6, 6.07) is 28.4. The Labute approximate surface area is 184 Å². The van der Waals surface area contributed by atoms with E-state index >= 15 is 0 Å². The number of imidazole rings is 1. The molecular weight excluding hydrogens is 398 g/mol. The Kier molecular flexibility index (Phi) is 3.99. The maximum absolute atomic E-state index is 4.70. The number of thiazole rings is 1. The van der Waals surface area contributed by atoms with Crippen molar-refractivity contribution in [3.05, 3.63) is 89.4 Å². The van der Waals surface area contributed by atoms with Crippen LogP contribution >= 0.6 is 11.3 Å². The molecule has 0 aliphatic heterocycles. The second kappa shape index (κ2) is 6.76. The molecule has 150 valence electrons. The molecule has 0 fully saturated rings. The lowest BCUT2D eigenvalue weighted by molar-refractivity contribution is -0.633. The normalized spacial score (nSPS) is 11.7. The maximum Gasteiger partial charge on any atom is 0.295 e. The van der Waals surface area contributed by atoms with Gasteiger partial charge in [-0.3, -0.25) is 0 Å². The smallest absolute Gasteiger partial charge is 0.242 e. The molecule has 4 aromatic carbocycles. The highest BCUT2D eigenvalue weighted by Crippen LogP contribution is 2.35. The molecular formula is C27H22N3S+. The summed E-state index contributed by atoms with van der Waals surface area (Å²) in [6.07, 6.45) is 0. The second-order valence-corrected chi connectivity index (χ2v) is 9.31. The van der Waals surface area contributed by atoms with E-state index in [1.165, 1.54) is 49.1 Å². The van der Waals surface area contributed by atoms with Crippen LogP contribution in [0, 0.1) is 13.8 Å². The molecule has 31 heavy (non-hydrogen) atoms. The molecule has 0 aliphatic carbocycles. The van der Waals surface area contributed by atoms with Crippen molar-refractivity contribution in [3.63, 3.8) is 0 Å². The Hall–Kier alpha value is -3.50. The fourth-order valence-electron chi connectivity index (χ4n) is 4.70. The predicted octanol–water partition coefficient (Wildman–Crippen LogP) is 6.50. The summed E-state index contributed by atoms with van der Waals surface area (Å²) < 4.78 is 5.96. The monoisotopic (exact) mass is 420 g/mol. The van der Waals surface area contributed by atoms with Gasteiger partial charge in [-0.1, -0.05) is 48.5 Å². The van der Waals surface area contributed by atoms with E-state index in [1.54, 1.807) is 11.3 Å². The molecule has 3 nitrogen and oxygen atoms in total. The Balaban J connectivity index is 1.78. The molecule has 4 heteroatoms. The van der Waals surface area contributed by atoms with Crippen LogP contribution in [0.5, 0.6) is 0 Å². The van der Waals surface area contributed by atoms with Crippen LogP contribution in [0.25, 0.3) is 49.1 Å². The largest absolute Gasteiger partial charge is 0.295 e. The summed E-state index contributed by atoms with van der Waals surface area (Å²) in [5.41, 5.74) is 7.17. The third kappa shape index (κ3) is 2.72. The minimum Gasteiger partial charge on any atom is -0.242 e. The van der Waals surface area contributed by atoms with Crippen molar-refractivity contribution in [2.75, 3.05) is 0 Å². The number of aromatic nitrogens is 3. The van der Waals surface area contributed by atoms with Crippen molar-refractivity contribution in [1.82, 2.24) is 9.55 Å². The Morgan fingerprint density at radius 3 is 2.55 bits per heavy atom. The van der Waals surface area contributed by atoms with E-state index in [0.29, 0.717) is 0 Å². The molecule has 2 heterocycles. The molecule has 0 N–H and O–H groups in total. The highest BCUT2D eigenvalue weighted by Gasteiger charge is 2.28. The van der Waals surface area contributed by atoms with E-state index in [9.17, 15) is 0 Å². The number of hydrogen-bond acceptors (Lipinski definition) is 2. The van der Waals surface area contributed by atoms with Crippen molar-refractivity contribution in [3.8, 4) is 17.1 Å². The first-order valence-electron chi connectivity index (χ1n) is 10.5. The van der Waals surface area contributed by atoms with Gasteiger partial charge in [0.2, 0.25) is 0 Å². The number of nitrogens with zero attached hydrogens (tertiary/aromatic N) is 3. The molecule has 0 atom stereocenters. The lowest BCUT2D eigenvalue weighted by Gasteiger charge is -2.09. The van der Waals surface area contributed by atoms with E-state index in [1.807, 2.05) is 0 Å². The van der Waals surface area contributed by atoms with E-state index in [-0.39, 0.29) is 0 Å². The zero-order valence-corrected chi connectivity index (χ0v) is 18.6. The fraction of sp³-hybridized carbons (Fsp3) is 0.111. The molecule has 0 unspecified atom stereocenters. The average molecular weight is 421 g/mol. The molecule has 0 amide bonds. The first kappa shape index (κ1) is 18.3. The summed E-state index contributed by atoms with van der Waals surface area (Å²) >= 11 is 1.76. The highest BCUT2D eigenvalue weighted by molar-refractivity contribution is 7.18. The Bertz CT molecular complexity index is 1620. The predicted molar refractivity (Wildman–Crippen MR) is 130 cm³/mol. The lowest BCUT2D eigenvalue weighted by Crippen LogP contribution is -2.30. The van der Waals surface area contributed by atoms with Crippen molar-refractivity contribution >= 4 is 43.4 Å². The molecule has 6 aromatic rings. The van der Waals surface area contributed by atoms with Gasteiger partial charge in [0.25, 0.3) is 5.82 Å². The summed E-state index contributed by atoms with van der Waals surface area (Å²) in [5.74, 6) is 1.18. The van der Waals surface area contributed by atoms with Gasteiger partial charge in [-0.25, -0.2) is 9.55 Å². The number of benzene rings is 4. The Morgan fingerprint density at radius 1 is 0.871 bits per heavy atom. The van der Waals surface area contributed by atoms with E-state index < -0.39 is 0 Å². The van der Waals surface area contributed by atoms with Crippen LogP contribution < -0.4 is 4.57 Å². The number of aryl methyl sites for hydroxylation is 3. The quantitative estimate of drug-likeness (QED) is 0.293. The zero-order valence-electron chi connectivity index (χ0n) is 17.8. The Morgan fingerprint density at radius 2 is 1.65 bits per heavy atom. The summed E-state index contributed by atoms with van der Waals surface area (Å²) in [6.45, 7) is 4.27. The van der Waals surface area contributed by atoms with Gasteiger partial charge in [-0.2, -0.15) is 4.57 Å². The minimum absolute atomic E-state index is 1.08. The van der Waals surface area contributed by atoms with Gasteiger partial charge < -0.3 is 0 Å². The third-order valence-electron chi connectivity index (χ3n) is 6.10. The molecule has 0 aliphatic rings. The third-order valence-corrected chi connectivity index (χ3v) is 7.04. The van der Waals surface area contributed by atoms with Crippen LogP contribution in [0.4, 0.5) is 0 Å². The summed E-state index contributed by atoms with van der Waals surface area (Å²) in [5, 5.41) is 3.60. The number of hydrogen-bond donors (Lipinski definition) is 0. The molecule has 6 rings (SSSR count). The molecule has 0 radical (unpaired) electrons. The van der Waals surface area contributed by atoms with Gasteiger partial charge in [0.1, 0.15) is 5.69 Å². The molecule has 0 saturated heterocycles. The number of fused-ring (bicyclic) bond motifs is 3. The van der Waals surface area contributed by atoms with Crippen LogP contribution in [-0.2, 0) is 7.05 Å². The summed E-state index contributed by atoms with van der Waals surface area (Å²) in [7, 11) is 2.17. The van der Waals surface area contributed by atoms with Gasteiger partial charge in [-0.05, 0) is 55.1 Å². The van der Waals surface area contributed by atoms with Crippen molar-refractivity contribution < 1.29 is 4.57 Å². The molecule has 0 bridgehead atoms. The average Bonchev–Trinajstić information content (AvgIpc) is 3.29. The van der Waals surface area contributed by atoms with E-state index in [0.717, 1.165) is 10.5 Å².